The first kappa shape index (κ1) is 16.3. The lowest BCUT2D eigenvalue weighted by Gasteiger charge is -2.20. The van der Waals surface area contributed by atoms with Gasteiger partial charge in [0.25, 0.3) is 0 Å². The number of nitrogens with zero attached hydrogens (tertiary/aromatic N) is 3. The first-order chi connectivity index (χ1) is 13.2. The van der Waals surface area contributed by atoms with E-state index in [9.17, 15) is 14.7 Å². The van der Waals surface area contributed by atoms with E-state index in [2.05, 4.69) is 17.1 Å². The van der Waals surface area contributed by atoms with E-state index in [1.165, 1.54) is 0 Å². The molecule has 5 rings (SSSR count). The summed E-state index contributed by atoms with van der Waals surface area (Å²) in [7, 11) is 0. The summed E-state index contributed by atoms with van der Waals surface area (Å²) in [6.45, 7) is 1.30. The van der Waals surface area contributed by atoms with Crippen LogP contribution in [0.4, 0.5) is 15.3 Å². The van der Waals surface area contributed by atoms with Gasteiger partial charge in [0.1, 0.15) is 18.5 Å². The Bertz CT molecular complexity index is 893. The number of rotatable bonds is 2. The molecule has 8 nitrogen and oxygen atoms in total. The molecule has 4 aliphatic heterocycles. The lowest BCUT2D eigenvalue weighted by atomic mass is 9.98. The summed E-state index contributed by atoms with van der Waals surface area (Å²) in [4.78, 5) is 31.5. The fraction of sp³-hybridized carbons (Fsp3) is 0.421. The van der Waals surface area contributed by atoms with Crippen molar-refractivity contribution in [3.05, 3.63) is 35.4 Å². The van der Waals surface area contributed by atoms with Crippen LogP contribution >= 0.6 is 0 Å². The molecule has 0 aromatic heterocycles. The van der Waals surface area contributed by atoms with Crippen LogP contribution in [0.2, 0.25) is 0 Å². The molecule has 1 N–H and O–H groups in total. The van der Waals surface area contributed by atoms with Gasteiger partial charge in [0.2, 0.25) is 0 Å². The van der Waals surface area contributed by atoms with Crippen LogP contribution in [0.5, 0.6) is 0 Å². The molecule has 2 atom stereocenters. The Morgan fingerprint density at radius 2 is 2.15 bits per heavy atom. The molecular formula is C19H19N3O5. The van der Waals surface area contributed by atoms with Gasteiger partial charge in [0, 0.05) is 6.42 Å². The third kappa shape index (κ3) is 2.51. The number of benzene rings is 1. The van der Waals surface area contributed by atoms with Crippen LogP contribution in [0.15, 0.2) is 29.3 Å². The molecule has 0 radical (unpaired) electrons. The Morgan fingerprint density at radius 1 is 1.26 bits per heavy atom. The number of carbonyl (C=O) groups excluding carboxylic acids is 2. The fourth-order valence-corrected chi connectivity index (χ4v) is 4.19. The third-order valence-corrected chi connectivity index (χ3v) is 5.56. The number of aliphatic imine (C=N–C) groups is 1. The zero-order valence-electron chi connectivity index (χ0n) is 14.6. The minimum atomic E-state index is -0.477. The standard InChI is InChI=1S/C19H19N3O5/c23-10-16-15-8-13-7-11(1-3-14(13)22(15)19(25)27-16)12-2-4-17(20-9-12)21-5-6-26-18(21)24/h1-3,7,15-16,23H,4-6,8-10H2. The number of carbonyl (C=O) groups is 2. The highest BCUT2D eigenvalue weighted by Crippen LogP contribution is 2.40. The number of cyclic esters (lactones) is 2. The van der Waals surface area contributed by atoms with Crippen LogP contribution in [-0.4, -0.2) is 66.5 Å². The topological polar surface area (TPSA) is 91.7 Å². The van der Waals surface area contributed by atoms with Crippen molar-refractivity contribution in [3.63, 3.8) is 0 Å². The highest BCUT2D eigenvalue weighted by molar-refractivity contribution is 5.99. The van der Waals surface area contributed by atoms with Crippen LogP contribution in [-0.2, 0) is 15.9 Å². The van der Waals surface area contributed by atoms with E-state index in [1.807, 2.05) is 12.1 Å². The predicted molar refractivity (Wildman–Crippen MR) is 96.7 cm³/mol. The Balaban J connectivity index is 1.36. The van der Waals surface area contributed by atoms with Crippen molar-refractivity contribution in [1.29, 1.82) is 0 Å². The Morgan fingerprint density at radius 3 is 2.85 bits per heavy atom. The van der Waals surface area contributed by atoms with Crippen molar-refractivity contribution in [2.24, 2.45) is 4.99 Å². The quantitative estimate of drug-likeness (QED) is 0.854. The number of amides is 2. The normalized spacial score (nSPS) is 26.4. The zero-order chi connectivity index (χ0) is 18.5. The van der Waals surface area contributed by atoms with Crippen molar-refractivity contribution >= 4 is 29.3 Å². The molecule has 2 fully saturated rings. The molecule has 8 heteroatoms. The van der Waals surface area contributed by atoms with Crippen molar-refractivity contribution in [1.82, 2.24) is 4.90 Å². The number of amidine groups is 1. The number of aliphatic hydroxyl groups is 1. The second kappa shape index (κ2) is 6.09. The van der Waals surface area contributed by atoms with Crippen LogP contribution in [0.3, 0.4) is 0 Å². The summed E-state index contributed by atoms with van der Waals surface area (Å²) in [5.41, 5.74) is 4.09. The lowest BCUT2D eigenvalue weighted by molar-refractivity contribution is 0.0830. The number of ether oxygens (including phenoxy) is 2. The molecule has 1 aromatic carbocycles. The van der Waals surface area contributed by atoms with E-state index >= 15 is 0 Å². The van der Waals surface area contributed by atoms with E-state index in [4.69, 9.17) is 9.47 Å². The Kier molecular flexibility index (Phi) is 3.68. The summed E-state index contributed by atoms with van der Waals surface area (Å²) in [6, 6.07) is 5.87. The molecule has 0 aliphatic carbocycles. The van der Waals surface area contributed by atoms with Gasteiger partial charge in [0.15, 0.2) is 0 Å². The molecule has 2 saturated heterocycles. The van der Waals surface area contributed by atoms with E-state index in [0.29, 0.717) is 32.5 Å². The minimum Gasteiger partial charge on any atom is -0.447 e. The maximum atomic E-state index is 12.1. The first-order valence-electron chi connectivity index (χ1n) is 9.06. The smallest absolute Gasteiger partial charge is 0.415 e. The number of dihydropyridines is 1. The van der Waals surface area contributed by atoms with Crippen molar-refractivity contribution < 1.29 is 24.2 Å². The van der Waals surface area contributed by atoms with Gasteiger partial charge in [0.05, 0.1) is 31.4 Å². The van der Waals surface area contributed by atoms with Crippen LogP contribution in [0.1, 0.15) is 17.5 Å². The zero-order valence-corrected chi connectivity index (χ0v) is 14.6. The SMILES string of the molecule is O=C1OCCN1C1=NCC(c2ccc3c(c2)CC2C(CO)OC(=O)N32)=CC1. The Labute approximate surface area is 155 Å². The van der Waals surface area contributed by atoms with Crippen molar-refractivity contribution in [2.75, 3.05) is 31.2 Å². The van der Waals surface area contributed by atoms with Gasteiger partial charge in [-0.2, -0.15) is 0 Å². The largest absolute Gasteiger partial charge is 0.447 e. The fourth-order valence-electron chi connectivity index (χ4n) is 4.19. The minimum absolute atomic E-state index is 0.140. The Hall–Kier alpha value is -2.87. The van der Waals surface area contributed by atoms with Gasteiger partial charge in [-0.25, -0.2) is 9.59 Å². The summed E-state index contributed by atoms with van der Waals surface area (Å²) in [5.74, 6) is 0.747. The summed E-state index contributed by atoms with van der Waals surface area (Å²) < 4.78 is 10.2. The molecule has 140 valence electrons. The second-order valence-electron chi connectivity index (χ2n) is 7.02. The van der Waals surface area contributed by atoms with E-state index in [1.54, 1.807) is 9.80 Å². The predicted octanol–water partition coefficient (Wildman–Crippen LogP) is 1.57. The van der Waals surface area contributed by atoms with E-state index in [-0.39, 0.29) is 18.7 Å². The molecule has 4 heterocycles. The monoisotopic (exact) mass is 369 g/mol. The molecule has 2 unspecified atom stereocenters. The van der Waals surface area contributed by atoms with Crippen LogP contribution < -0.4 is 4.90 Å². The molecule has 0 saturated carbocycles. The van der Waals surface area contributed by atoms with Gasteiger partial charge < -0.3 is 14.6 Å². The first-order valence-corrected chi connectivity index (χ1v) is 9.06. The summed E-state index contributed by atoms with van der Waals surface area (Å²) in [6.07, 6.45) is 2.16. The molecule has 4 aliphatic rings. The highest BCUT2D eigenvalue weighted by atomic mass is 16.6. The van der Waals surface area contributed by atoms with Gasteiger partial charge in [-0.3, -0.25) is 14.8 Å². The van der Waals surface area contributed by atoms with Gasteiger partial charge in [-0.1, -0.05) is 12.1 Å². The van der Waals surface area contributed by atoms with Crippen LogP contribution in [0, 0.1) is 0 Å². The maximum absolute atomic E-state index is 12.1. The summed E-state index contributed by atoms with van der Waals surface area (Å²) in [5, 5.41) is 9.44. The van der Waals surface area contributed by atoms with Crippen LogP contribution in [0.25, 0.3) is 5.57 Å². The number of anilines is 1. The van der Waals surface area contributed by atoms with Gasteiger partial charge in [-0.15, -0.1) is 0 Å². The maximum Gasteiger partial charge on any atom is 0.415 e. The molecule has 27 heavy (non-hydrogen) atoms. The van der Waals surface area contributed by atoms with Crippen molar-refractivity contribution in [2.45, 2.75) is 25.0 Å². The number of aliphatic hydroxyl groups excluding tert-OH is 1. The molecule has 2 amide bonds. The van der Waals surface area contributed by atoms with Crippen molar-refractivity contribution in [3.8, 4) is 0 Å². The average molecular weight is 369 g/mol. The number of hydrogen-bond donors (Lipinski definition) is 1. The highest BCUT2D eigenvalue weighted by Gasteiger charge is 2.47. The lowest BCUT2D eigenvalue weighted by Crippen LogP contribution is -2.34. The molecule has 0 bridgehead atoms. The number of fused-ring (bicyclic) bond motifs is 3. The third-order valence-electron chi connectivity index (χ3n) is 5.56. The average Bonchev–Trinajstić information content (AvgIpc) is 3.36. The molecular weight excluding hydrogens is 350 g/mol. The van der Waals surface area contributed by atoms with E-state index in [0.717, 1.165) is 28.2 Å². The summed E-state index contributed by atoms with van der Waals surface area (Å²) >= 11 is 0. The van der Waals surface area contributed by atoms with Gasteiger partial charge in [-0.05, 0) is 35.3 Å². The van der Waals surface area contributed by atoms with Gasteiger partial charge >= 0.3 is 12.2 Å². The number of hydrogen-bond acceptors (Lipinski definition) is 6. The second-order valence-corrected chi connectivity index (χ2v) is 7.02. The molecule has 1 aromatic rings. The molecule has 0 spiro atoms. The van der Waals surface area contributed by atoms with E-state index < -0.39 is 12.2 Å².